The lowest BCUT2D eigenvalue weighted by Crippen LogP contribution is -2.48. The minimum Gasteiger partial charge on any atom is -0.496 e. The molecule has 1 aliphatic heterocycles. The van der Waals surface area contributed by atoms with Crippen LogP contribution in [0.1, 0.15) is 22.8 Å². The van der Waals surface area contributed by atoms with E-state index in [0.717, 1.165) is 11.3 Å². The van der Waals surface area contributed by atoms with E-state index in [4.69, 9.17) is 16.3 Å². The Morgan fingerprint density at radius 2 is 1.79 bits per heavy atom. The maximum atomic E-state index is 12.9. The lowest BCUT2D eigenvalue weighted by molar-refractivity contribution is 0.101. The van der Waals surface area contributed by atoms with E-state index in [1.807, 2.05) is 6.07 Å². The number of carbonyl (C=O) groups excluding carboxylic acids is 1. The molecule has 1 heterocycles. The SMILES string of the molecule is COc1ccc(C(C)=O)cc1CN1CCN(S(=O)(=O)c2ccccc2Cl)CC1. The molecule has 3 rings (SSSR count). The number of halogens is 1. The summed E-state index contributed by atoms with van der Waals surface area (Å²) in [6.07, 6.45) is 0. The topological polar surface area (TPSA) is 66.9 Å². The maximum Gasteiger partial charge on any atom is 0.244 e. The third kappa shape index (κ3) is 4.38. The Labute approximate surface area is 170 Å². The molecule has 2 aromatic rings. The van der Waals surface area contributed by atoms with Gasteiger partial charge >= 0.3 is 0 Å². The van der Waals surface area contributed by atoms with E-state index < -0.39 is 10.0 Å². The van der Waals surface area contributed by atoms with Crippen LogP contribution >= 0.6 is 11.6 Å². The van der Waals surface area contributed by atoms with Gasteiger partial charge in [-0.15, -0.1) is 0 Å². The highest BCUT2D eigenvalue weighted by Gasteiger charge is 2.30. The number of Topliss-reactive ketones (excluding diaryl/α,β-unsaturated/α-hetero) is 1. The van der Waals surface area contributed by atoms with Crippen molar-refractivity contribution >= 4 is 27.4 Å². The van der Waals surface area contributed by atoms with Crippen molar-refractivity contribution in [3.8, 4) is 5.75 Å². The molecule has 1 fully saturated rings. The van der Waals surface area contributed by atoms with Gasteiger partial charge in [0.25, 0.3) is 0 Å². The normalized spacial score (nSPS) is 16.1. The number of benzene rings is 2. The van der Waals surface area contributed by atoms with Crippen LogP contribution in [0.2, 0.25) is 5.02 Å². The summed E-state index contributed by atoms with van der Waals surface area (Å²) >= 11 is 6.08. The van der Waals surface area contributed by atoms with Gasteiger partial charge in [0.1, 0.15) is 10.6 Å². The van der Waals surface area contributed by atoms with Gasteiger partial charge < -0.3 is 4.74 Å². The van der Waals surface area contributed by atoms with Crippen LogP contribution in [0.3, 0.4) is 0 Å². The fourth-order valence-corrected chi connectivity index (χ4v) is 5.20. The van der Waals surface area contributed by atoms with Crippen LogP contribution in [0.25, 0.3) is 0 Å². The van der Waals surface area contributed by atoms with E-state index in [1.54, 1.807) is 37.4 Å². The molecular formula is C20H23ClN2O4S. The molecule has 1 aliphatic rings. The summed E-state index contributed by atoms with van der Waals surface area (Å²) < 4.78 is 32.6. The van der Waals surface area contributed by atoms with Crippen LogP contribution in [-0.2, 0) is 16.6 Å². The quantitative estimate of drug-likeness (QED) is 0.669. The number of ether oxygens (including phenoxy) is 1. The van der Waals surface area contributed by atoms with E-state index in [9.17, 15) is 13.2 Å². The van der Waals surface area contributed by atoms with Gasteiger partial charge in [-0.05, 0) is 37.3 Å². The molecule has 2 aromatic carbocycles. The van der Waals surface area contributed by atoms with Crippen molar-refractivity contribution in [1.82, 2.24) is 9.21 Å². The third-order valence-corrected chi connectivity index (χ3v) is 7.27. The summed E-state index contributed by atoms with van der Waals surface area (Å²) in [5, 5.41) is 0.232. The molecule has 28 heavy (non-hydrogen) atoms. The van der Waals surface area contributed by atoms with E-state index in [2.05, 4.69) is 4.90 Å². The Hall–Kier alpha value is -1.93. The minimum absolute atomic E-state index is 0.000412. The summed E-state index contributed by atoms with van der Waals surface area (Å²) in [7, 11) is -2.02. The molecule has 8 heteroatoms. The molecule has 0 atom stereocenters. The van der Waals surface area contributed by atoms with E-state index in [1.165, 1.54) is 17.3 Å². The van der Waals surface area contributed by atoms with Gasteiger partial charge in [-0.3, -0.25) is 9.69 Å². The second kappa shape index (κ2) is 8.61. The molecule has 150 valence electrons. The number of nitrogens with zero attached hydrogens (tertiary/aromatic N) is 2. The van der Waals surface area contributed by atoms with Gasteiger partial charge in [-0.25, -0.2) is 8.42 Å². The first-order valence-corrected chi connectivity index (χ1v) is 10.8. The highest BCUT2D eigenvalue weighted by Crippen LogP contribution is 2.26. The molecule has 0 N–H and O–H groups in total. The van der Waals surface area contributed by atoms with Gasteiger partial charge in [0.15, 0.2) is 5.78 Å². The van der Waals surface area contributed by atoms with Crippen LogP contribution in [-0.4, -0.2) is 56.7 Å². The maximum absolute atomic E-state index is 12.9. The zero-order valence-corrected chi connectivity index (χ0v) is 17.5. The lowest BCUT2D eigenvalue weighted by atomic mass is 10.1. The summed E-state index contributed by atoms with van der Waals surface area (Å²) in [6, 6.07) is 11.9. The fraction of sp³-hybridized carbons (Fsp3) is 0.350. The molecular weight excluding hydrogens is 400 g/mol. The second-order valence-corrected chi connectivity index (χ2v) is 9.01. The zero-order valence-electron chi connectivity index (χ0n) is 15.9. The molecule has 0 aliphatic carbocycles. The molecule has 6 nitrogen and oxygen atoms in total. The number of rotatable bonds is 6. The summed E-state index contributed by atoms with van der Waals surface area (Å²) in [4.78, 5) is 14.0. The Morgan fingerprint density at radius 1 is 1.11 bits per heavy atom. The largest absolute Gasteiger partial charge is 0.496 e. The van der Waals surface area contributed by atoms with Gasteiger partial charge in [-0.1, -0.05) is 23.7 Å². The molecule has 0 spiro atoms. The third-order valence-electron chi connectivity index (χ3n) is 4.87. The van der Waals surface area contributed by atoms with Crippen molar-refractivity contribution in [1.29, 1.82) is 0 Å². The summed E-state index contributed by atoms with van der Waals surface area (Å²) in [5.74, 6) is 0.718. The Kier molecular flexibility index (Phi) is 6.40. The van der Waals surface area contributed by atoms with Crippen LogP contribution in [0.15, 0.2) is 47.4 Å². The molecule has 0 bridgehead atoms. The highest BCUT2D eigenvalue weighted by atomic mass is 35.5. The van der Waals surface area contributed by atoms with Crippen LogP contribution in [0.5, 0.6) is 5.75 Å². The number of carbonyl (C=O) groups is 1. The standard InChI is InChI=1S/C20H23ClN2O4S/c1-15(24)16-7-8-19(27-2)17(13-16)14-22-9-11-23(12-10-22)28(25,26)20-6-4-3-5-18(20)21/h3-8,13H,9-12,14H2,1-2H3. The molecule has 0 radical (unpaired) electrons. The highest BCUT2D eigenvalue weighted by molar-refractivity contribution is 7.89. The lowest BCUT2D eigenvalue weighted by Gasteiger charge is -2.34. The van der Waals surface area contributed by atoms with E-state index in [0.29, 0.717) is 38.3 Å². The average molecular weight is 423 g/mol. The average Bonchev–Trinajstić information content (AvgIpc) is 2.68. The molecule has 0 unspecified atom stereocenters. The Balaban J connectivity index is 1.70. The van der Waals surface area contributed by atoms with Crippen molar-refractivity contribution in [2.24, 2.45) is 0 Å². The number of hydrogen-bond donors (Lipinski definition) is 0. The van der Waals surface area contributed by atoms with Crippen molar-refractivity contribution < 1.29 is 17.9 Å². The van der Waals surface area contributed by atoms with Crippen LogP contribution in [0, 0.1) is 0 Å². The summed E-state index contributed by atoms with van der Waals surface area (Å²) in [6.45, 7) is 4.03. The molecule has 0 aromatic heterocycles. The predicted molar refractivity (Wildman–Crippen MR) is 108 cm³/mol. The zero-order chi connectivity index (χ0) is 20.3. The van der Waals surface area contributed by atoms with Crippen molar-refractivity contribution in [2.45, 2.75) is 18.4 Å². The van der Waals surface area contributed by atoms with E-state index in [-0.39, 0.29) is 15.7 Å². The van der Waals surface area contributed by atoms with Gasteiger partial charge in [0, 0.05) is 43.9 Å². The first kappa shape index (κ1) is 20.8. The summed E-state index contributed by atoms with van der Waals surface area (Å²) in [5.41, 5.74) is 1.55. The molecule has 1 saturated heterocycles. The minimum atomic E-state index is -3.61. The number of hydrogen-bond acceptors (Lipinski definition) is 5. The van der Waals surface area contributed by atoms with Gasteiger partial charge in [0.2, 0.25) is 10.0 Å². The van der Waals surface area contributed by atoms with Crippen molar-refractivity contribution in [3.05, 3.63) is 58.6 Å². The molecule has 0 saturated carbocycles. The second-order valence-electron chi connectivity index (χ2n) is 6.69. The first-order chi connectivity index (χ1) is 13.3. The van der Waals surface area contributed by atoms with Crippen molar-refractivity contribution in [3.63, 3.8) is 0 Å². The van der Waals surface area contributed by atoms with E-state index >= 15 is 0 Å². The molecule has 0 amide bonds. The monoisotopic (exact) mass is 422 g/mol. The van der Waals surface area contributed by atoms with Crippen molar-refractivity contribution in [2.75, 3.05) is 33.3 Å². The van der Waals surface area contributed by atoms with Crippen LogP contribution < -0.4 is 4.74 Å². The number of ketones is 1. The fourth-order valence-electron chi connectivity index (χ4n) is 3.28. The number of methoxy groups -OCH3 is 1. The number of piperazine rings is 1. The van der Waals surface area contributed by atoms with Gasteiger partial charge in [-0.2, -0.15) is 4.31 Å². The first-order valence-electron chi connectivity index (χ1n) is 8.98. The number of sulfonamides is 1. The smallest absolute Gasteiger partial charge is 0.244 e. The predicted octanol–water partition coefficient (Wildman–Crippen LogP) is 3.06. The Morgan fingerprint density at radius 3 is 2.39 bits per heavy atom. The van der Waals surface area contributed by atoms with Gasteiger partial charge in [0.05, 0.1) is 12.1 Å². The Bertz CT molecular complexity index is 970. The van der Waals surface area contributed by atoms with Crippen LogP contribution in [0.4, 0.5) is 0 Å².